The monoisotopic (exact) mass is 658 g/mol. The van der Waals surface area contributed by atoms with E-state index in [1.807, 2.05) is 0 Å². The van der Waals surface area contributed by atoms with E-state index >= 15 is 0 Å². The molecule has 0 atom stereocenters. The third-order valence-corrected chi connectivity index (χ3v) is 16.2. The van der Waals surface area contributed by atoms with Crippen LogP contribution in [-0.2, 0) is 0 Å². The lowest BCUT2D eigenvalue weighted by molar-refractivity contribution is 0.443. The molecule has 4 aromatic carbocycles. The second kappa shape index (κ2) is 13.7. The fourth-order valence-electron chi connectivity index (χ4n) is 10.1. The maximum absolute atomic E-state index is 2.65. The molecular formula is C48H54Si. The van der Waals surface area contributed by atoms with Crippen molar-refractivity contribution in [2.45, 2.75) is 116 Å². The molecule has 0 aliphatic heterocycles. The second-order valence-corrected chi connectivity index (χ2v) is 20.1. The maximum atomic E-state index is 2.65. The van der Waals surface area contributed by atoms with Gasteiger partial charge >= 0.3 is 0 Å². The maximum Gasteiger partial charge on any atom is 0.113 e. The summed E-state index contributed by atoms with van der Waals surface area (Å²) in [5.41, 5.74) is 17.6. The molecule has 0 N–H and O–H groups in total. The molecule has 2 radical (unpaired) electrons. The predicted octanol–water partition coefficient (Wildman–Crippen LogP) is 14.1. The molecule has 4 aliphatic carbocycles. The van der Waals surface area contributed by atoms with E-state index in [1.54, 1.807) is 21.5 Å². The Kier molecular flexibility index (Phi) is 9.17. The Morgan fingerprint density at radius 2 is 0.878 bits per heavy atom. The second-order valence-electron chi connectivity index (χ2n) is 15.9. The van der Waals surface area contributed by atoms with E-state index in [1.165, 1.54) is 120 Å². The number of hydrogen-bond acceptors (Lipinski definition) is 0. The van der Waals surface area contributed by atoms with Crippen LogP contribution in [0.1, 0.15) is 136 Å². The van der Waals surface area contributed by atoms with E-state index in [4.69, 9.17) is 0 Å². The van der Waals surface area contributed by atoms with Gasteiger partial charge in [0.25, 0.3) is 0 Å². The van der Waals surface area contributed by atoms with Gasteiger partial charge in [-0.2, -0.15) is 0 Å². The zero-order chi connectivity index (χ0) is 33.5. The summed E-state index contributed by atoms with van der Waals surface area (Å²) < 4.78 is 0. The Labute approximate surface area is 297 Å². The minimum atomic E-state index is -2.21. The Morgan fingerprint density at radius 3 is 1.24 bits per heavy atom. The molecule has 2 fully saturated rings. The summed E-state index contributed by atoms with van der Waals surface area (Å²) in [7, 11) is -2.21. The lowest BCUT2D eigenvalue weighted by Gasteiger charge is -2.33. The summed E-state index contributed by atoms with van der Waals surface area (Å²) in [6.45, 7) is 10.0. The molecule has 0 unspecified atom stereocenters. The quantitative estimate of drug-likeness (QED) is 0.165. The van der Waals surface area contributed by atoms with Crippen LogP contribution >= 0.6 is 0 Å². The van der Waals surface area contributed by atoms with Crippen LogP contribution in [0.5, 0.6) is 0 Å². The zero-order valence-corrected chi connectivity index (χ0v) is 31.4. The first-order chi connectivity index (χ1) is 24.0. The highest BCUT2D eigenvalue weighted by atomic mass is 28.3. The van der Waals surface area contributed by atoms with E-state index in [-0.39, 0.29) is 0 Å². The Bertz CT molecular complexity index is 1750. The first kappa shape index (κ1) is 32.8. The number of benzene rings is 4. The van der Waals surface area contributed by atoms with Crippen molar-refractivity contribution < 1.29 is 0 Å². The Hall–Kier alpha value is -3.42. The van der Waals surface area contributed by atoms with E-state index in [2.05, 4.69) is 125 Å². The highest BCUT2D eigenvalue weighted by Crippen LogP contribution is 2.54. The normalized spacial score (nSPS) is 18.7. The van der Waals surface area contributed by atoms with Crippen molar-refractivity contribution in [2.24, 2.45) is 0 Å². The van der Waals surface area contributed by atoms with Gasteiger partial charge in [0.05, 0.1) is 0 Å². The SMILES string of the molecule is CCC1=C([Si](C)(C)C2=C(CC)[CH]c3cccc(-c4ccc(C5CCCCC5)cc4)c32)c2c(cccc2-c2ccc(C3CCCCC3)cc2)[CH]1. The van der Waals surface area contributed by atoms with E-state index in [0.717, 1.165) is 24.7 Å². The molecule has 0 saturated heterocycles. The van der Waals surface area contributed by atoms with Crippen molar-refractivity contribution in [3.8, 4) is 22.3 Å². The van der Waals surface area contributed by atoms with Crippen LogP contribution in [0.25, 0.3) is 32.6 Å². The largest absolute Gasteiger partial charge is 0.113 e. The van der Waals surface area contributed by atoms with Crippen LogP contribution in [-0.4, -0.2) is 8.07 Å². The molecule has 0 bridgehead atoms. The van der Waals surface area contributed by atoms with Gasteiger partial charge in [0, 0.05) is 12.8 Å². The number of allylic oxidation sites excluding steroid dienone is 2. The molecule has 4 aliphatic rings. The van der Waals surface area contributed by atoms with Gasteiger partial charge < -0.3 is 0 Å². The molecule has 2 saturated carbocycles. The van der Waals surface area contributed by atoms with Crippen LogP contribution in [0.15, 0.2) is 96.1 Å². The molecule has 0 aromatic heterocycles. The predicted molar refractivity (Wildman–Crippen MR) is 214 cm³/mol. The van der Waals surface area contributed by atoms with Crippen LogP contribution in [0.3, 0.4) is 0 Å². The smallest absolute Gasteiger partial charge is 0.0617 e. The molecule has 0 nitrogen and oxygen atoms in total. The van der Waals surface area contributed by atoms with Crippen LogP contribution in [0.4, 0.5) is 0 Å². The van der Waals surface area contributed by atoms with Crippen LogP contribution in [0.2, 0.25) is 13.1 Å². The lowest BCUT2D eigenvalue weighted by atomic mass is 9.83. The van der Waals surface area contributed by atoms with Crippen molar-refractivity contribution in [2.75, 3.05) is 0 Å². The van der Waals surface area contributed by atoms with Gasteiger partial charge in [-0.15, -0.1) is 0 Å². The minimum Gasteiger partial charge on any atom is -0.0617 e. The minimum absolute atomic E-state index is 0.738. The van der Waals surface area contributed by atoms with Crippen molar-refractivity contribution in [3.63, 3.8) is 0 Å². The van der Waals surface area contributed by atoms with Crippen molar-refractivity contribution in [3.05, 3.63) is 142 Å². The first-order valence-corrected chi connectivity index (χ1v) is 22.6. The molecular weight excluding hydrogens is 605 g/mol. The van der Waals surface area contributed by atoms with E-state index < -0.39 is 8.07 Å². The molecule has 1 heteroatoms. The standard InChI is InChI=1S/C48H54Si/c1-5-33-31-41-19-13-21-43(39-27-23-37(24-28-39)35-15-9-7-10-16-35)45(41)47(33)49(3,4)48-34(6-2)32-42-20-14-22-44(46(42)48)40-29-25-38(26-30-40)36-17-11-8-12-18-36/h13-14,19-32,35-36H,5-12,15-18H2,1-4H3. The molecule has 250 valence electrons. The molecule has 0 spiro atoms. The molecule has 0 heterocycles. The van der Waals surface area contributed by atoms with Gasteiger partial charge in [-0.05, 0) is 116 Å². The Morgan fingerprint density at radius 1 is 0.490 bits per heavy atom. The summed E-state index contributed by atoms with van der Waals surface area (Å²) >= 11 is 0. The third-order valence-electron chi connectivity index (χ3n) is 12.6. The van der Waals surface area contributed by atoms with Gasteiger partial charge in [-0.3, -0.25) is 0 Å². The summed E-state index contributed by atoms with van der Waals surface area (Å²) in [5, 5.41) is 3.31. The average molecular weight is 659 g/mol. The van der Waals surface area contributed by atoms with Crippen molar-refractivity contribution in [1.82, 2.24) is 0 Å². The summed E-state index contributed by atoms with van der Waals surface area (Å²) in [4.78, 5) is 0. The summed E-state index contributed by atoms with van der Waals surface area (Å²) in [6, 6.07) is 33.6. The molecule has 0 amide bonds. The van der Waals surface area contributed by atoms with E-state index in [9.17, 15) is 0 Å². The van der Waals surface area contributed by atoms with Crippen molar-refractivity contribution in [1.29, 1.82) is 0 Å². The summed E-state index contributed by atoms with van der Waals surface area (Å²) in [5.74, 6) is 1.48. The number of fused-ring (bicyclic) bond motifs is 2. The molecule has 8 rings (SSSR count). The highest BCUT2D eigenvalue weighted by Gasteiger charge is 2.43. The summed E-state index contributed by atoms with van der Waals surface area (Å²) in [6.07, 6.45) is 20.9. The van der Waals surface area contributed by atoms with Gasteiger partial charge in [0.15, 0.2) is 0 Å². The molecule has 4 aromatic rings. The lowest BCUT2D eigenvalue weighted by Crippen LogP contribution is -2.32. The van der Waals surface area contributed by atoms with Crippen LogP contribution in [0, 0.1) is 12.8 Å². The first-order valence-electron chi connectivity index (χ1n) is 19.6. The van der Waals surface area contributed by atoms with Crippen LogP contribution < -0.4 is 0 Å². The fraction of sp³-hybridized carbons (Fsp3) is 0.375. The van der Waals surface area contributed by atoms with Gasteiger partial charge in [0.2, 0.25) is 0 Å². The van der Waals surface area contributed by atoms with E-state index in [0.29, 0.717) is 0 Å². The van der Waals surface area contributed by atoms with Gasteiger partial charge in [-0.25, -0.2) is 0 Å². The topological polar surface area (TPSA) is 0 Å². The Balaban J connectivity index is 1.20. The van der Waals surface area contributed by atoms with Gasteiger partial charge in [-0.1, -0.05) is 162 Å². The highest BCUT2D eigenvalue weighted by molar-refractivity contribution is 7.09. The number of hydrogen-bond donors (Lipinski definition) is 0. The molecule has 49 heavy (non-hydrogen) atoms. The van der Waals surface area contributed by atoms with Gasteiger partial charge in [0.1, 0.15) is 8.07 Å². The fourth-order valence-corrected chi connectivity index (χ4v) is 14.3. The number of rotatable bonds is 8. The average Bonchev–Trinajstić information content (AvgIpc) is 3.75. The van der Waals surface area contributed by atoms with Crippen molar-refractivity contribution >= 4 is 18.5 Å². The zero-order valence-electron chi connectivity index (χ0n) is 30.4. The third kappa shape index (κ3) is 5.95.